The van der Waals surface area contributed by atoms with Crippen molar-refractivity contribution in [2.75, 3.05) is 39.3 Å². The van der Waals surface area contributed by atoms with Crippen LogP contribution in [0.15, 0.2) is 96.1 Å². The first-order valence-electron chi connectivity index (χ1n) is 12.9. The molecular formula is C32H34N2O3. The van der Waals surface area contributed by atoms with Gasteiger partial charge in [-0.1, -0.05) is 74.5 Å². The molecule has 0 spiro atoms. The normalized spacial score (nSPS) is 16.0. The van der Waals surface area contributed by atoms with Crippen molar-refractivity contribution in [3.05, 3.63) is 113 Å². The Morgan fingerprint density at radius 2 is 1.32 bits per heavy atom. The quantitative estimate of drug-likeness (QED) is 0.364. The molecule has 0 aromatic heterocycles. The van der Waals surface area contributed by atoms with Crippen LogP contribution in [0.4, 0.5) is 0 Å². The van der Waals surface area contributed by atoms with Crippen molar-refractivity contribution in [3.63, 3.8) is 0 Å². The summed E-state index contributed by atoms with van der Waals surface area (Å²) >= 11 is 0. The third-order valence-electron chi connectivity index (χ3n) is 6.55. The maximum atomic E-state index is 13.5. The molecular weight excluding hydrogens is 460 g/mol. The maximum Gasteiger partial charge on any atom is 0.254 e. The van der Waals surface area contributed by atoms with Gasteiger partial charge in [0.25, 0.3) is 5.91 Å². The van der Waals surface area contributed by atoms with E-state index in [1.165, 1.54) is 0 Å². The van der Waals surface area contributed by atoms with E-state index < -0.39 is 0 Å². The number of hydrogen-bond donors (Lipinski definition) is 0. The zero-order valence-electron chi connectivity index (χ0n) is 21.6. The third-order valence-corrected chi connectivity index (χ3v) is 6.55. The van der Waals surface area contributed by atoms with Crippen molar-refractivity contribution < 1.29 is 14.3 Å². The first-order chi connectivity index (χ1) is 18.1. The number of Topliss-reactive ketones (excluding diaryl/α,β-unsaturated/α-hetero) is 1. The van der Waals surface area contributed by atoms with Gasteiger partial charge in [-0.05, 0) is 60.6 Å². The van der Waals surface area contributed by atoms with Gasteiger partial charge in [-0.3, -0.25) is 9.59 Å². The lowest BCUT2D eigenvalue weighted by Crippen LogP contribution is -2.41. The topological polar surface area (TPSA) is 49.9 Å². The summed E-state index contributed by atoms with van der Waals surface area (Å²) in [6, 6.07) is 26.8. The maximum absolute atomic E-state index is 13.5. The molecule has 1 aliphatic heterocycles. The Balaban J connectivity index is 1.53. The lowest BCUT2D eigenvalue weighted by Gasteiger charge is -2.30. The van der Waals surface area contributed by atoms with E-state index in [0.717, 1.165) is 36.5 Å². The fourth-order valence-corrected chi connectivity index (χ4v) is 4.39. The molecule has 37 heavy (non-hydrogen) atoms. The number of nitrogens with zero attached hydrogens (tertiary/aromatic N) is 2. The molecule has 0 saturated carbocycles. The first-order valence-corrected chi connectivity index (χ1v) is 12.9. The fourth-order valence-electron chi connectivity index (χ4n) is 4.39. The number of benzene rings is 3. The van der Waals surface area contributed by atoms with Crippen LogP contribution < -0.4 is 4.74 Å². The van der Waals surface area contributed by atoms with Gasteiger partial charge in [0.05, 0.1) is 13.1 Å². The standard InChI is InChI=1S/C32H34N2O3/c1-3-33(4-2)19-20-37-30-17-15-27(16-18-30)32(36)34-23-28(21-25-11-7-5-8-12-25)31(35)29(24-34)22-26-13-9-6-10-14-26/h5-18,21-22H,3-4,19-20,23-24H2,1-2H3/b28-21-,29-22+. The monoisotopic (exact) mass is 494 g/mol. The summed E-state index contributed by atoms with van der Waals surface area (Å²) in [4.78, 5) is 30.9. The largest absolute Gasteiger partial charge is 0.492 e. The van der Waals surface area contributed by atoms with E-state index >= 15 is 0 Å². The molecule has 1 amide bonds. The zero-order valence-corrected chi connectivity index (χ0v) is 21.6. The lowest BCUT2D eigenvalue weighted by molar-refractivity contribution is -0.113. The van der Waals surface area contributed by atoms with E-state index in [4.69, 9.17) is 4.74 Å². The Hall–Kier alpha value is -3.96. The molecule has 190 valence electrons. The number of carbonyl (C=O) groups is 2. The predicted octanol–water partition coefficient (Wildman–Crippen LogP) is 5.60. The number of hydrogen-bond acceptors (Lipinski definition) is 4. The number of likely N-dealkylation sites (N-methyl/N-ethyl adjacent to an activating group) is 1. The van der Waals surface area contributed by atoms with Gasteiger partial charge < -0.3 is 14.5 Å². The molecule has 1 fully saturated rings. The second kappa shape index (κ2) is 12.8. The molecule has 4 rings (SSSR count). The van der Waals surface area contributed by atoms with Crippen LogP contribution in [0, 0.1) is 0 Å². The van der Waals surface area contributed by atoms with Crippen molar-refractivity contribution >= 4 is 23.8 Å². The molecule has 0 atom stereocenters. The van der Waals surface area contributed by atoms with Crippen LogP contribution in [0.1, 0.15) is 35.3 Å². The highest BCUT2D eigenvalue weighted by Crippen LogP contribution is 2.24. The molecule has 3 aromatic carbocycles. The van der Waals surface area contributed by atoms with Gasteiger partial charge in [-0.2, -0.15) is 0 Å². The van der Waals surface area contributed by atoms with E-state index in [9.17, 15) is 9.59 Å². The summed E-state index contributed by atoms with van der Waals surface area (Å²) in [5.41, 5.74) is 3.65. The van der Waals surface area contributed by atoms with Gasteiger partial charge in [0.15, 0.2) is 5.78 Å². The molecule has 1 saturated heterocycles. The van der Waals surface area contributed by atoms with Crippen molar-refractivity contribution in [1.29, 1.82) is 0 Å². The Morgan fingerprint density at radius 3 is 1.81 bits per heavy atom. The molecule has 5 nitrogen and oxygen atoms in total. The summed E-state index contributed by atoms with van der Waals surface area (Å²) in [5, 5.41) is 0. The van der Waals surface area contributed by atoms with Crippen molar-refractivity contribution in [3.8, 4) is 5.75 Å². The second-order valence-corrected chi connectivity index (χ2v) is 9.05. The molecule has 1 aliphatic rings. The number of carbonyl (C=O) groups excluding carboxylic acids is 2. The lowest BCUT2D eigenvalue weighted by atomic mass is 9.93. The van der Waals surface area contributed by atoms with Gasteiger partial charge in [-0.15, -0.1) is 0 Å². The summed E-state index contributed by atoms with van der Waals surface area (Å²) in [5.74, 6) is 0.612. The highest BCUT2D eigenvalue weighted by Gasteiger charge is 2.29. The average Bonchev–Trinajstić information content (AvgIpc) is 2.94. The van der Waals surface area contributed by atoms with Crippen LogP contribution in [0.5, 0.6) is 5.75 Å². The SMILES string of the molecule is CCN(CC)CCOc1ccc(C(=O)N2C/C(=C/c3ccccc3)C(=O)/C(=C/c3ccccc3)C2)cc1. The molecule has 0 unspecified atom stereocenters. The van der Waals surface area contributed by atoms with E-state index in [1.54, 1.807) is 17.0 Å². The molecule has 0 N–H and O–H groups in total. The highest BCUT2D eigenvalue weighted by atomic mass is 16.5. The first kappa shape index (κ1) is 26.1. The Morgan fingerprint density at radius 1 is 0.811 bits per heavy atom. The van der Waals surface area contributed by atoms with Gasteiger partial charge in [0.1, 0.15) is 12.4 Å². The Kier molecular flexibility index (Phi) is 9.06. The minimum absolute atomic E-state index is 0.0197. The van der Waals surface area contributed by atoms with Crippen molar-refractivity contribution in [1.82, 2.24) is 9.80 Å². The number of likely N-dealkylation sites (tertiary alicyclic amines) is 1. The minimum atomic E-state index is -0.111. The number of amides is 1. The van der Waals surface area contributed by atoms with E-state index in [0.29, 0.717) is 23.3 Å². The van der Waals surface area contributed by atoms with Crippen molar-refractivity contribution in [2.24, 2.45) is 0 Å². The third kappa shape index (κ3) is 7.05. The van der Waals surface area contributed by atoms with Gasteiger partial charge in [0.2, 0.25) is 0 Å². The van der Waals surface area contributed by atoms with Crippen LogP contribution in [-0.4, -0.2) is 60.8 Å². The van der Waals surface area contributed by atoms with Gasteiger partial charge in [0, 0.05) is 23.3 Å². The van der Waals surface area contributed by atoms with Crippen LogP contribution in [0.25, 0.3) is 12.2 Å². The van der Waals surface area contributed by atoms with E-state index in [1.807, 2.05) is 84.9 Å². The molecule has 5 heteroatoms. The summed E-state index contributed by atoms with van der Waals surface area (Å²) < 4.78 is 5.87. The van der Waals surface area contributed by atoms with Crippen LogP contribution in [0.2, 0.25) is 0 Å². The molecule has 1 heterocycles. The van der Waals surface area contributed by atoms with E-state index in [-0.39, 0.29) is 24.8 Å². The smallest absolute Gasteiger partial charge is 0.254 e. The molecule has 3 aromatic rings. The Bertz CT molecular complexity index is 1180. The number of ketones is 1. The molecule has 0 radical (unpaired) electrons. The van der Waals surface area contributed by atoms with Crippen LogP contribution >= 0.6 is 0 Å². The zero-order chi connectivity index (χ0) is 26.0. The summed E-state index contributed by atoms with van der Waals surface area (Å²) in [6.45, 7) is 8.26. The predicted molar refractivity (Wildman–Crippen MR) is 149 cm³/mol. The molecule has 0 bridgehead atoms. The van der Waals surface area contributed by atoms with Crippen LogP contribution in [-0.2, 0) is 4.79 Å². The second-order valence-electron chi connectivity index (χ2n) is 9.05. The van der Waals surface area contributed by atoms with Gasteiger partial charge >= 0.3 is 0 Å². The fraction of sp³-hybridized carbons (Fsp3) is 0.250. The number of ether oxygens (including phenoxy) is 1. The van der Waals surface area contributed by atoms with Crippen LogP contribution in [0.3, 0.4) is 0 Å². The summed E-state index contributed by atoms with van der Waals surface area (Å²) in [7, 11) is 0. The van der Waals surface area contributed by atoms with E-state index in [2.05, 4.69) is 18.7 Å². The van der Waals surface area contributed by atoms with Crippen molar-refractivity contribution in [2.45, 2.75) is 13.8 Å². The minimum Gasteiger partial charge on any atom is -0.492 e. The molecule has 0 aliphatic carbocycles. The van der Waals surface area contributed by atoms with Gasteiger partial charge in [-0.25, -0.2) is 0 Å². The number of rotatable bonds is 9. The summed E-state index contributed by atoms with van der Waals surface area (Å²) in [6.07, 6.45) is 3.76. The average molecular weight is 495 g/mol. The number of piperidine rings is 1. The highest BCUT2D eigenvalue weighted by molar-refractivity contribution is 6.15. The Labute approximate surface area is 219 Å².